The van der Waals surface area contributed by atoms with Gasteiger partial charge in [-0.15, -0.1) is 0 Å². The average molecular weight is 334 g/mol. The van der Waals surface area contributed by atoms with Crippen LogP contribution in [0.15, 0.2) is 30.5 Å². The molecule has 122 valence electrons. The Bertz CT molecular complexity index is 712. The van der Waals surface area contributed by atoms with Crippen LogP contribution in [-0.4, -0.2) is 58.1 Å². The van der Waals surface area contributed by atoms with Crippen molar-refractivity contribution in [1.29, 1.82) is 0 Å². The van der Waals surface area contributed by atoms with Crippen molar-refractivity contribution < 1.29 is 9.90 Å². The number of aliphatic hydroxyl groups excluding tert-OH is 1. The van der Waals surface area contributed by atoms with E-state index in [9.17, 15) is 9.90 Å². The van der Waals surface area contributed by atoms with E-state index in [0.717, 1.165) is 36.1 Å². The van der Waals surface area contributed by atoms with Gasteiger partial charge in [0.05, 0.1) is 5.52 Å². The summed E-state index contributed by atoms with van der Waals surface area (Å²) in [6.45, 7) is 5.09. The Kier molecular flexibility index (Phi) is 4.80. The van der Waals surface area contributed by atoms with Gasteiger partial charge in [-0.2, -0.15) is 0 Å². The maximum atomic E-state index is 11.8. The minimum absolute atomic E-state index is 0.195. The number of aromatic nitrogens is 1. The lowest BCUT2D eigenvalue weighted by Crippen LogP contribution is -2.50. The highest BCUT2D eigenvalue weighted by Gasteiger charge is 2.24. The molecule has 1 N–H and O–H groups in total. The Morgan fingerprint density at radius 3 is 2.78 bits per heavy atom. The number of nitrogens with zero attached hydrogens (tertiary/aromatic N) is 3. The van der Waals surface area contributed by atoms with Crippen LogP contribution in [-0.2, 0) is 11.3 Å². The number of halogens is 1. The lowest BCUT2D eigenvalue weighted by molar-refractivity contribution is -0.141. The molecule has 0 radical (unpaired) electrons. The highest BCUT2D eigenvalue weighted by Crippen LogP contribution is 2.23. The first kappa shape index (κ1) is 16.2. The summed E-state index contributed by atoms with van der Waals surface area (Å²) < 4.78 is 0. The number of aliphatic hydroxyl groups is 1. The second kappa shape index (κ2) is 6.83. The predicted octanol–water partition coefficient (Wildman–Crippen LogP) is 1.91. The highest BCUT2D eigenvalue weighted by molar-refractivity contribution is 6.31. The molecule has 0 saturated carbocycles. The molecule has 2 aromatic rings. The number of fused-ring (bicyclic) bond motifs is 1. The van der Waals surface area contributed by atoms with Gasteiger partial charge in [0.1, 0.15) is 6.10 Å². The van der Waals surface area contributed by atoms with Crippen LogP contribution in [0.1, 0.15) is 12.5 Å². The Morgan fingerprint density at radius 2 is 2.09 bits per heavy atom. The summed E-state index contributed by atoms with van der Waals surface area (Å²) in [7, 11) is 0. The average Bonchev–Trinajstić information content (AvgIpc) is 2.54. The number of hydrogen-bond donors (Lipinski definition) is 1. The Morgan fingerprint density at radius 1 is 1.35 bits per heavy atom. The second-order valence-corrected chi connectivity index (χ2v) is 6.35. The van der Waals surface area contributed by atoms with E-state index in [1.165, 1.54) is 6.92 Å². The molecule has 1 saturated heterocycles. The number of carbonyl (C=O) groups is 1. The smallest absolute Gasteiger partial charge is 0.251 e. The van der Waals surface area contributed by atoms with Gasteiger partial charge in [-0.1, -0.05) is 17.7 Å². The minimum atomic E-state index is -0.928. The summed E-state index contributed by atoms with van der Waals surface area (Å²) >= 11 is 6.21. The molecule has 5 nitrogen and oxygen atoms in total. The zero-order valence-corrected chi connectivity index (χ0v) is 13.8. The summed E-state index contributed by atoms with van der Waals surface area (Å²) in [6.07, 6.45) is 0.863. The molecular formula is C17H20ClN3O2. The van der Waals surface area contributed by atoms with E-state index in [2.05, 4.69) is 9.88 Å². The van der Waals surface area contributed by atoms with Crippen molar-refractivity contribution in [2.24, 2.45) is 0 Å². The van der Waals surface area contributed by atoms with Crippen molar-refractivity contribution in [3.05, 3.63) is 41.0 Å². The van der Waals surface area contributed by atoms with Crippen molar-refractivity contribution >= 4 is 28.4 Å². The summed E-state index contributed by atoms with van der Waals surface area (Å²) in [5.74, 6) is -0.195. The summed E-state index contributed by atoms with van der Waals surface area (Å²) in [4.78, 5) is 20.3. The van der Waals surface area contributed by atoms with Crippen LogP contribution in [0.25, 0.3) is 10.9 Å². The van der Waals surface area contributed by atoms with E-state index in [-0.39, 0.29) is 5.91 Å². The number of hydrogen-bond acceptors (Lipinski definition) is 4. The van der Waals surface area contributed by atoms with Gasteiger partial charge in [0, 0.05) is 49.3 Å². The zero-order chi connectivity index (χ0) is 16.4. The Balaban J connectivity index is 1.71. The molecule has 1 atom stereocenters. The normalized spacial score (nSPS) is 17.4. The van der Waals surface area contributed by atoms with E-state index in [1.807, 2.05) is 24.3 Å². The van der Waals surface area contributed by atoms with Crippen molar-refractivity contribution in [1.82, 2.24) is 14.8 Å². The zero-order valence-electron chi connectivity index (χ0n) is 13.1. The van der Waals surface area contributed by atoms with Gasteiger partial charge < -0.3 is 10.0 Å². The summed E-state index contributed by atoms with van der Waals surface area (Å²) in [5, 5.41) is 11.1. The van der Waals surface area contributed by atoms with Crippen LogP contribution in [0.3, 0.4) is 0 Å². The molecule has 0 spiro atoms. The SMILES string of the molecule is CC(O)C(=O)N1CCN(Cc2cc(Cl)cc3cccnc23)CC1. The maximum absolute atomic E-state index is 11.8. The van der Waals surface area contributed by atoms with Crippen LogP contribution in [0.2, 0.25) is 5.02 Å². The third kappa shape index (κ3) is 3.63. The van der Waals surface area contributed by atoms with Crippen molar-refractivity contribution in [2.75, 3.05) is 26.2 Å². The molecule has 23 heavy (non-hydrogen) atoms. The third-order valence-corrected chi connectivity index (χ3v) is 4.40. The van der Waals surface area contributed by atoms with Crippen LogP contribution < -0.4 is 0 Å². The first-order valence-corrected chi connectivity index (χ1v) is 8.15. The molecule has 0 bridgehead atoms. The number of amides is 1. The highest BCUT2D eigenvalue weighted by atomic mass is 35.5. The van der Waals surface area contributed by atoms with Crippen LogP contribution >= 0.6 is 11.6 Å². The standard InChI is InChI=1S/C17H20ClN3O2/c1-12(22)17(23)21-7-5-20(6-8-21)11-14-10-15(18)9-13-3-2-4-19-16(13)14/h2-4,9-10,12,22H,5-8,11H2,1H3. The van der Waals surface area contributed by atoms with Crippen molar-refractivity contribution in [3.8, 4) is 0 Å². The van der Waals surface area contributed by atoms with Gasteiger partial charge >= 0.3 is 0 Å². The first-order chi connectivity index (χ1) is 11.0. The molecule has 0 aliphatic carbocycles. The lowest BCUT2D eigenvalue weighted by Gasteiger charge is -2.35. The minimum Gasteiger partial charge on any atom is -0.384 e. The largest absolute Gasteiger partial charge is 0.384 e. The van der Waals surface area contributed by atoms with Gasteiger partial charge in [0.2, 0.25) is 0 Å². The van der Waals surface area contributed by atoms with E-state index in [4.69, 9.17) is 11.6 Å². The number of carbonyl (C=O) groups excluding carboxylic acids is 1. The fourth-order valence-corrected chi connectivity index (χ4v) is 3.23. The predicted molar refractivity (Wildman–Crippen MR) is 90.3 cm³/mol. The molecule has 6 heteroatoms. The van der Waals surface area contributed by atoms with Crippen LogP contribution in [0.4, 0.5) is 0 Å². The number of pyridine rings is 1. The molecule has 2 heterocycles. The third-order valence-electron chi connectivity index (χ3n) is 4.18. The van der Waals surface area contributed by atoms with Gasteiger partial charge in [-0.3, -0.25) is 14.7 Å². The van der Waals surface area contributed by atoms with E-state index in [1.54, 1.807) is 11.1 Å². The quantitative estimate of drug-likeness (QED) is 0.932. The molecule has 1 aromatic carbocycles. The van der Waals surface area contributed by atoms with E-state index >= 15 is 0 Å². The molecule has 1 aliphatic heterocycles. The Labute approximate surface area is 140 Å². The van der Waals surface area contributed by atoms with Gasteiger partial charge in [0.15, 0.2) is 0 Å². The fraction of sp³-hybridized carbons (Fsp3) is 0.412. The second-order valence-electron chi connectivity index (χ2n) is 5.92. The lowest BCUT2D eigenvalue weighted by atomic mass is 10.1. The topological polar surface area (TPSA) is 56.7 Å². The first-order valence-electron chi connectivity index (χ1n) is 7.77. The monoisotopic (exact) mass is 333 g/mol. The number of piperazine rings is 1. The van der Waals surface area contributed by atoms with Crippen LogP contribution in [0, 0.1) is 0 Å². The van der Waals surface area contributed by atoms with Gasteiger partial charge in [0.25, 0.3) is 5.91 Å². The fourth-order valence-electron chi connectivity index (χ4n) is 2.98. The molecule has 1 fully saturated rings. The molecule has 1 amide bonds. The number of benzene rings is 1. The molecule has 3 rings (SSSR count). The van der Waals surface area contributed by atoms with E-state index < -0.39 is 6.10 Å². The summed E-state index contributed by atoms with van der Waals surface area (Å²) in [6, 6.07) is 7.80. The number of rotatable bonds is 3. The molecular weight excluding hydrogens is 314 g/mol. The molecule has 1 aromatic heterocycles. The maximum Gasteiger partial charge on any atom is 0.251 e. The van der Waals surface area contributed by atoms with Crippen molar-refractivity contribution in [3.63, 3.8) is 0 Å². The van der Waals surface area contributed by atoms with Gasteiger partial charge in [-0.05, 0) is 30.7 Å². The van der Waals surface area contributed by atoms with E-state index in [0.29, 0.717) is 18.1 Å². The molecule has 1 aliphatic rings. The Hall–Kier alpha value is -1.69. The van der Waals surface area contributed by atoms with Gasteiger partial charge in [-0.25, -0.2) is 0 Å². The van der Waals surface area contributed by atoms with Crippen molar-refractivity contribution in [2.45, 2.75) is 19.6 Å². The summed E-state index contributed by atoms with van der Waals surface area (Å²) in [5.41, 5.74) is 2.07. The van der Waals surface area contributed by atoms with Crippen LogP contribution in [0.5, 0.6) is 0 Å². The molecule has 1 unspecified atom stereocenters.